The molecule has 0 saturated carbocycles. The Bertz CT molecular complexity index is 437. The van der Waals surface area contributed by atoms with E-state index in [2.05, 4.69) is 16.2 Å². The smallest absolute Gasteiger partial charge is 0.238 e. The van der Waals surface area contributed by atoms with E-state index in [4.69, 9.17) is 23.8 Å². The first-order chi connectivity index (χ1) is 8.02. The minimum atomic E-state index is -0.128. The first-order valence-electron chi connectivity index (χ1n) is 5.15. The first-order valence-corrected chi connectivity index (χ1v) is 5.93. The molecule has 0 aliphatic rings. The lowest BCUT2D eigenvalue weighted by Gasteiger charge is -2.13. The highest BCUT2D eigenvalue weighted by molar-refractivity contribution is 7.80. The molecule has 0 aromatic heterocycles. The Morgan fingerprint density at radius 3 is 2.76 bits per heavy atom. The van der Waals surface area contributed by atoms with Gasteiger partial charge in [0.2, 0.25) is 5.91 Å². The second-order valence-corrected chi connectivity index (χ2v) is 4.28. The van der Waals surface area contributed by atoms with Crippen molar-refractivity contribution in [2.45, 2.75) is 20.3 Å². The van der Waals surface area contributed by atoms with Gasteiger partial charge in [-0.15, -0.1) is 0 Å². The molecule has 0 fully saturated rings. The van der Waals surface area contributed by atoms with E-state index < -0.39 is 0 Å². The summed E-state index contributed by atoms with van der Waals surface area (Å²) in [5.41, 5.74) is 6.89. The monoisotopic (exact) mass is 271 g/mol. The topological polar surface area (TPSA) is 53.2 Å². The van der Waals surface area contributed by atoms with E-state index in [1.165, 1.54) is 0 Å². The van der Waals surface area contributed by atoms with Gasteiger partial charge in [-0.05, 0) is 36.8 Å². The van der Waals surface area contributed by atoms with Crippen LogP contribution in [0.3, 0.4) is 0 Å². The molecule has 0 aliphatic carbocycles. The van der Waals surface area contributed by atoms with E-state index in [-0.39, 0.29) is 5.91 Å². The second-order valence-electron chi connectivity index (χ2n) is 3.44. The zero-order chi connectivity index (χ0) is 12.8. The highest BCUT2D eigenvalue weighted by Crippen LogP contribution is 2.19. The van der Waals surface area contributed by atoms with Gasteiger partial charge in [0.05, 0.1) is 0 Å². The molecule has 0 unspecified atom stereocenters. The predicted octanol–water partition coefficient (Wildman–Crippen LogP) is 2.38. The van der Waals surface area contributed by atoms with E-state index in [9.17, 15) is 4.79 Å². The standard InChI is InChI=1S/C11H14ClN3OS/c1-3-10(16)14-15-11(17)13-9-6-8(12)5-4-7(9)2/h4-6H,3H2,1-2H3,(H,14,16)(H2,13,15,17). The maximum Gasteiger partial charge on any atom is 0.238 e. The largest absolute Gasteiger partial charge is 0.331 e. The molecule has 0 saturated heterocycles. The van der Waals surface area contributed by atoms with Gasteiger partial charge in [-0.2, -0.15) is 0 Å². The fourth-order valence-corrected chi connectivity index (χ4v) is 1.43. The number of rotatable bonds is 2. The van der Waals surface area contributed by atoms with Gasteiger partial charge >= 0.3 is 0 Å². The fourth-order valence-electron chi connectivity index (χ4n) is 1.10. The Morgan fingerprint density at radius 1 is 1.41 bits per heavy atom. The summed E-state index contributed by atoms with van der Waals surface area (Å²) in [4.78, 5) is 11.0. The second kappa shape index (κ2) is 6.42. The quantitative estimate of drug-likeness (QED) is 0.571. The molecular formula is C11H14ClN3OS. The Hall–Kier alpha value is -1.33. The van der Waals surface area contributed by atoms with Gasteiger partial charge in [-0.1, -0.05) is 24.6 Å². The summed E-state index contributed by atoms with van der Waals surface area (Å²) in [7, 11) is 0. The highest BCUT2D eigenvalue weighted by Gasteiger charge is 2.03. The molecule has 3 N–H and O–H groups in total. The van der Waals surface area contributed by atoms with Gasteiger partial charge in [0, 0.05) is 17.1 Å². The van der Waals surface area contributed by atoms with Crippen LogP contribution in [0.25, 0.3) is 0 Å². The molecule has 92 valence electrons. The molecule has 6 heteroatoms. The summed E-state index contributed by atoms with van der Waals surface area (Å²) < 4.78 is 0. The molecule has 1 aromatic carbocycles. The molecule has 1 aromatic rings. The summed E-state index contributed by atoms with van der Waals surface area (Å²) in [5.74, 6) is -0.128. The third-order valence-corrected chi connectivity index (χ3v) is 2.52. The summed E-state index contributed by atoms with van der Waals surface area (Å²) in [6.07, 6.45) is 0.395. The minimum Gasteiger partial charge on any atom is -0.331 e. The number of nitrogens with one attached hydrogen (secondary N) is 3. The van der Waals surface area contributed by atoms with Crippen LogP contribution in [0.5, 0.6) is 0 Å². The minimum absolute atomic E-state index is 0.128. The van der Waals surface area contributed by atoms with Crippen LogP contribution in [-0.4, -0.2) is 11.0 Å². The van der Waals surface area contributed by atoms with Crippen LogP contribution in [-0.2, 0) is 4.79 Å². The maximum absolute atomic E-state index is 11.0. The molecule has 17 heavy (non-hydrogen) atoms. The van der Waals surface area contributed by atoms with Crippen molar-refractivity contribution in [3.05, 3.63) is 28.8 Å². The number of carbonyl (C=O) groups excluding carboxylic acids is 1. The van der Waals surface area contributed by atoms with Crippen LogP contribution in [0.2, 0.25) is 5.02 Å². The average molecular weight is 272 g/mol. The molecule has 0 radical (unpaired) electrons. The third kappa shape index (κ3) is 4.58. The maximum atomic E-state index is 11.0. The summed E-state index contributed by atoms with van der Waals surface area (Å²) in [6.45, 7) is 3.69. The lowest BCUT2D eigenvalue weighted by Crippen LogP contribution is -2.43. The fraction of sp³-hybridized carbons (Fsp3) is 0.273. The predicted molar refractivity (Wildman–Crippen MR) is 74.0 cm³/mol. The average Bonchev–Trinajstić information content (AvgIpc) is 2.30. The summed E-state index contributed by atoms with van der Waals surface area (Å²) >= 11 is 10.9. The summed E-state index contributed by atoms with van der Waals surface area (Å²) in [5, 5.41) is 3.89. The van der Waals surface area contributed by atoms with Crippen molar-refractivity contribution < 1.29 is 4.79 Å². The van der Waals surface area contributed by atoms with Crippen molar-refractivity contribution in [3.63, 3.8) is 0 Å². The molecule has 0 atom stereocenters. The molecule has 0 heterocycles. The third-order valence-electron chi connectivity index (χ3n) is 2.08. The molecule has 0 spiro atoms. The van der Waals surface area contributed by atoms with Crippen LogP contribution in [0.15, 0.2) is 18.2 Å². The number of hydrogen-bond acceptors (Lipinski definition) is 2. The van der Waals surface area contributed by atoms with Crippen LogP contribution < -0.4 is 16.2 Å². The van der Waals surface area contributed by atoms with Crippen molar-refractivity contribution in [2.24, 2.45) is 0 Å². The Morgan fingerprint density at radius 2 is 2.12 bits per heavy atom. The summed E-state index contributed by atoms with van der Waals surface area (Å²) in [6, 6.07) is 5.46. The number of halogens is 1. The van der Waals surface area contributed by atoms with E-state index >= 15 is 0 Å². The van der Waals surface area contributed by atoms with Gasteiger partial charge in [-0.3, -0.25) is 15.6 Å². The molecule has 0 aliphatic heterocycles. The van der Waals surface area contributed by atoms with Crippen LogP contribution in [0.1, 0.15) is 18.9 Å². The lowest BCUT2D eigenvalue weighted by atomic mass is 10.2. The van der Waals surface area contributed by atoms with Crippen LogP contribution in [0, 0.1) is 6.92 Å². The zero-order valence-electron chi connectivity index (χ0n) is 9.63. The normalized spacial score (nSPS) is 9.59. The molecule has 1 amide bonds. The van der Waals surface area contributed by atoms with E-state index in [0.29, 0.717) is 16.6 Å². The Balaban J connectivity index is 2.56. The van der Waals surface area contributed by atoms with Gasteiger partial charge in [0.15, 0.2) is 5.11 Å². The number of hydrazine groups is 1. The van der Waals surface area contributed by atoms with Crippen molar-refractivity contribution in [2.75, 3.05) is 5.32 Å². The zero-order valence-corrected chi connectivity index (χ0v) is 11.2. The first kappa shape index (κ1) is 13.7. The number of amides is 1. The molecular weight excluding hydrogens is 258 g/mol. The number of aryl methyl sites for hydroxylation is 1. The Labute approximate surface area is 111 Å². The van der Waals surface area contributed by atoms with Gasteiger partial charge < -0.3 is 5.32 Å². The highest BCUT2D eigenvalue weighted by atomic mass is 35.5. The van der Waals surface area contributed by atoms with Crippen molar-refractivity contribution >= 4 is 40.5 Å². The van der Waals surface area contributed by atoms with Gasteiger partial charge in [0.1, 0.15) is 0 Å². The number of carbonyl (C=O) groups is 1. The molecule has 1 rings (SSSR count). The number of hydrogen-bond donors (Lipinski definition) is 3. The number of benzene rings is 1. The van der Waals surface area contributed by atoms with Crippen molar-refractivity contribution in [1.29, 1.82) is 0 Å². The van der Waals surface area contributed by atoms with Crippen molar-refractivity contribution in [1.82, 2.24) is 10.9 Å². The lowest BCUT2D eigenvalue weighted by molar-refractivity contribution is -0.121. The van der Waals surface area contributed by atoms with Gasteiger partial charge in [-0.25, -0.2) is 0 Å². The van der Waals surface area contributed by atoms with E-state index in [1.54, 1.807) is 19.1 Å². The molecule has 4 nitrogen and oxygen atoms in total. The molecule has 0 bridgehead atoms. The SMILES string of the molecule is CCC(=O)NNC(=S)Nc1cc(Cl)ccc1C. The Kier molecular flexibility index (Phi) is 5.18. The van der Waals surface area contributed by atoms with E-state index in [0.717, 1.165) is 11.3 Å². The van der Waals surface area contributed by atoms with E-state index in [1.807, 2.05) is 13.0 Å². The van der Waals surface area contributed by atoms with Crippen LogP contribution in [0.4, 0.5) is 5.69 Å². The van der Waals surface area contributed by atoms with Gasteiger partial charge in [0.25, 0.3) is 0 Å². The number of anilines is 1. The van der Waals surface area contributed by atoms with Crippen molar-refractivity contribution in [3.8, 4) is 0 Å². The van der Waals surface area contributed by atoms with Crippen LogP contribution >= 0.6 is 23.8 Å². The number of thiocarbonyl (C=S) groups is 1.